The van der Waals surface area contributed by atoms with Gasteiger partial charge in [-0.2, -0.15) is 13.2 Å². The largest absolute Gasteiger partial charge is 0.490 e. The Bertz CT molecular complexity index is 1580. The third-order valence-electron chi connectivity index (χ3n) is 7.52. The summed E-state index contributed by atoms with van der Waals surface area (Å²) in [5.41, 5.74) is 9.87. The van der Waals surface area contributed by atoms with Crippen LogP contribution in [0.25, 0.3) is 0 Å². The smallest absolute Gasteiger partial charge is 0.482 e. The topological polar surface area (TPSA) is 163 Å². The molecule has 256 valence electrons. The van der Waals surface area contributed by atoms with Gasteiger partial charge < -0.3 is 36.4 Å². The Balaban J connectivity index is 0.000000671. The van der Waals surface area contributed by atoms with E-state index in [9.17, 15) is 27.6 Å². The Kier molecular flexibility index (Phi) is 12.4. The fraction of sp³-hybridized carbons (Fsp3) is 0.353. The molecule has 0 bridgehead atoms. The van der Waals surface area contributed by atoms with Crippen LogP contribution in [0.5, 0.6) is 5.75 Å². The van der Waals surface area contributed by atoms with Gasteiger partial charge in [-0.25, -0.2) is 4.79 Å². The number of halogens is 3. The molecule has 0 atom stereocenters. The maximum absolute atomic E-state index is 13.4. The van der Waals surface area contributed by atoms with E-state index in [2.05, 4.69) is 16.0 Å². The molecule has 11 nitrogen and oxygen atoms in total. The van der Waals surface area contributed by atoms with E-state index < -0.39 is 12.1 Å². The normalized spacial score (nSPS) is 13.5. The molecule has 48 heavy (non-hydrogen) atoms. The number of nitrogens with zero attached hydrogens (tertiary/aromatic N) is 1. The Labute approximate surface area is 275 Å². The van der Waals surface area contributed by atoms with Crippen molar-refractivity contribution in [2.45, 2.75) is 57.3 Å². The molecule has 0 radical (unpaired) electrons. The number of nitrogens with one attached hydrogen (secondary N) is 3. The molecule has 0 saturated heterocycles. The summed E-state index contributed by atoms with van der Waals surface area (Å²) in [7, 11) is 0. The minimum absolute atomic E-state index is 0.0598. The van der Waals surface area contributed by atoms with Gasteiger partial charge in [0, 0.05) is 41.6 Å². The molecule has 1 saturated carbocycles. The van der Waals surface area contributed by atoms with E-state index in [4.69, 9.17) is 20.4 Å². The third kappa shape index (κ3) is 10.7. The standard InChI is InChI=1S/C32H37N5O4.C2HF3O2/c33-17-3-1-2-4-18-34-25-10-12-26(13-11-25)35-31(39)23-7-5-22(6-8-23)20-37(27-14-15-27)32(40)24-9-16-28-29(19-24)41-21-30(38)36-28;3-2(4,5)1(6)7/h5-13,16,19,27,34H,1-4,14-15,17-18,20-21,33H2,(H,35,39)(H,36,38);(H,6,7). The van der Waals surface area contributed by atoms with E-state index in [-0.39, 0.29) is 30.4 Å². The lowest BCUT2D eigenvalue weighted by Gasteiger charge is -2.24. The Hall–Kier alpha value is -5.11. The molecule has 0 unspecified atom stereocenters. The lowest BCUT2D eigenvalue weighted by atomic mass is 10.1. The summed E-state index contributed by atoms with van der Waals surface area (Å²) in [4.78, 5) is 48.6. The van der Waals surface area contributed by atoms with Crippen molar-refractivity contribution in [2.24, 2.45) is 5.73 Å². The van der Waals surface area contributed by atoms with Crippen LogP contribution in [0, 0.1) is 0 Å². The zero-order valence-electron chi connectivity index (χ0n) is 26.1. The zero-order chi connectivity index (χ0) is 34.7. The molecule has 2 aliphatic rings. The lowest BCUT2D eigenvalue weighted by molar-refractivity contribution is -0.192. The molecule has 3 aromatic rings. The summed E-state index contributed by atoms with van der Waals surface area (Å²) in [5.74, 6) is -2.73. The molecule has 3 amide bonds. The maximum atomic E-state index is 13.4. The number of nitrogens with two attached hydrogens (primary N) is 1. The van der Waals surface area contributed by atoms with Crippen molar-refractivity contribution in [1.29, 1.82) is 0 Å². The third-order valence-corrected chi connectivity index (χ3v) is 7.52. The first-order valence-electron chi connectivity index (χ1n) is 15.6. The van der Waals surface area contributed by atoms with Gasteiger partial charge in [-0.15, -0.1) is 0 Å². The SMILES string of the molecule is NCCCCCCNc1ccc(NC(=O)c2ccc(CN(C(=O)c3ccc4c(c3)OCC(=O)N4)C3CC3)cc2)cc1.O=C(O)C(F)(F)F. The number of rotatable bonds is 13. The summed E-state index contributed by atoms with van der Waals surface area (Å²) in [6, 6.07) is 20.4. The van der Waals surface area contributed by atoms with Crippen molar-refractivity contribution in [3.63, 3.8) is 0 Å². The van der Waals surface area contributed by atoms with Gasteiger partial charge in [0.05, 0.1) is 5.69 Å². The number of amides is 3. The molecule has 6 N–H and O–H groups in total. The van der Waals surface area contributed by atoms with E-state index in [1.165, 1.54) is 0 Å². The van der Waals surface area contributed by atoms with Crippen LogP contribution in [0.1, 0.15) is 64.8 Å². The number of carboxylic acid groups (broad SMARTS) is 1. The van der Waals surface area contributed by atoms with E-state index >= 15 is 0 Å². The molecule has 5 rings (SSSR count). The number of carbonyl (C=O) groups is 4. The minimum atomic E-state index is -5.08. The number of hydrogen-bond donors (Lipinski definition) is 5. The van der Waals surface area contributed by atoms with Crippen LogP contribution in [0.15, 0.2) is 66.7 Å². The van der Waals surface area contributed by atoms with Crippen LogP contribution in [0.4, 0.5) is 30.2 Å². The average molecular weight is 670 g/mol. The predicted molar refractivity (Wildman–Crippen MR) is 174 cm³/mol. The number of anilines is 3. The summed E-state index contributed by atoms with van der Waals surface area (Å²) >= 11 is 0. The summed E-state index contributed by atoms with van der Waals surface area (Å²) in [6.45, 7) is 2.05. The molecule has 1 fully saturated rings. The summed E-state index contributed by atoms with van der Waals surface area (Å²) in [6.07, 6.45) is 1.35. The molecule has 1 aliphatic carbocycles. The van der Waals surface area contributed by atoms with Crippen LogP contribution in [-0.2, 0) is 16.1 Å². The quantitative estimate of drug-likeness (QED) is 0.146. The lowest BCUT2D eigenvalue weighted by Crippen LogP contribution is -2.33. The van der Waals surface area contributed by atoms with Crippen molar-refractivity contribution in [2.75, 3.05) is 35.6 Å². The Morgan fingerprint density at radius 1 is 0.917 bits per heavy atom. The maximum Gasteiger partial charge on any atom is 0.490 e. The highest BCUT2D eigenvalue weighted by Crippen LogP contribution is 2.33. The zero-order valence-corrected chi connectivity index (χ0v) is 26.1. The van der Waals surface area contributed by atoms with Gasteiger partial charge in [0.2, 0.25) is 0 Å². The molecule has 0 aromatic heterocycles. The monoisotopic (exact) mass is 669 g/mol. The van der Waals surface area contributed by atoms with Gasteiger partial charge in [-0.1, -0.05) is 25.0 Å². The number of carboxylic acids is 1. The highest BCUT2D eigenvalue weighted by molar-refractivity contribution is 6.04. The second-order valence-corrected chi connectivity index (χ2v) is 11.4. The number of fused-ring (bicyclic) bond motifs is 1. The Morgan fingerprint density at radius 2 is 1.54 bits per heavy atom. The van der Waals surface area contributed by atoms with E-state index in [1.807, 2.05) is 41.3 Å². The van der Waals surface area contributed by atoms with Crippen LogP contribution in [-0.4, -0.2) is 65.6 Å². The van der Waals surface area contributed by atoms with Gasteiger partial charge in [-0.3, -0.25) is 14.4 Å². The number of unbranched alkanes of at least 4 members (excludes halogenated alkanes) is 3. The molecular weight excluding hydrogens is 631 g/mol. The number of carbonyl (C=O) groups excluding carboxylic acids is 3. The Morgan fingerprint density at radius 3 is 2.17 bits per heavy atom. The molecular formula is C34H38F3N5O6. The van der Waals surface area contributed by atoms with Crippen LogP contribution in [0.3, 0.4) is 0 Å². The van der Waals surface area contributed by atoms with E-state index in [1.54, 1.807) is 30.3 Å². The molecule has 0 spiro atoms. The van der Waals surface area contributed by atoms with Crippen LogP contribution >= 0.6 is 0 Å². The van der Waals surface area contributed by atoms with Crippen molar-refractivity contribution in [3.05, 3.63) is 83.4 Å². The minimum Gasteiger partial charge on any atom is -0.482 e. The molecule has 3 aromatic carbocycles. The summed E-state index contributed by atoms with van der Waals surface area (Å²) < 4.78 is 37.2. The van der Waals surface area contributed by atoms with E-state index in [0.717, 1.165) is 68.6 Å². The highest BCUT2D eigenvalue weighted by atomic mass is 19.4. The molecule has 1 aliphatic heterocycles. The van der Waals surface area contributed by atoms with Gasteiger partial charge in [-0.05, 0) is 92.4 Å². The number of benzene rings is 3. The number of aliphatic carboxylic acids is 1. The van der Waals surface area contributed by atoms with Crippen molar-refractivity contribution >= 4 is 40.8 Å². The van der Waals surface area contributed by atoms with Crippen molar-refractivity contribution in [3.8, 4) is 5.75 Å². The number of alkyl halides is 3. The fourth-order valence-corrected chi connectivity index (χ4v) is 4.81. The first-order chi connectivity index (χ1) is 22.9. The van der Waals surface area contributed by atoms with E-state index in [0.29, 0.717) is 29.1 Å². The second kappa shape index (κ2) is 16.6. The van der Waals surface area contributed by atoms with Crippen molar-refractivity contribution < 1.29 is 42.2 Å². The first-order valence-corrected chi connectivity index (χ1v) is 15.6. The predicted octanol–water partition coefficient (Wildman–Crippen LogP) is 5.64. The fourth-order valence-electron chi connectivity index (χ4n) is 4.81. The molecule has 14 heteroatoms. The average Bonchev–Trinajstić information content (AvgIpc) is 3.91. The van der Waals surface area contributed by atoms with Gasteiger partial charge in [0.1, 0.15) is 5.75 Å². The number of ether oxygens (including phenoxy) is 1. The summed E-state index contributed by atoms with van der Waals surface area (Å²) in [5, 5.41) is 16.2. The van der Waals surface area contributed by atoms with Crippen LogP contribution < -0.4 is 26.4 Å². The highest BCUT2D eigenvalue weighted by Gasteiger charge is 2.38. The first kappa shape index (κ1) is 35.7. The molecule has 1 heterocycles. The van der Waals surface area contributed by atoms with Crippen LogP contribution in [0.2, 0.25) is 0 Å². The number of hydrogen-bond acceptors (Lipinski definition) is 7. The second-order valence-electron chi connectivity index (χ2n) is 11.4. The van der Waals surface area contributed by atoms with Crippen molar-refractivity contribution in [1.82, 2.24) is 4.90 Å². The van der Waals surface area contributed by atoms with Gasteiger partial charge >= 0.3 is 12.1 Å². The van der Waals surface area contributed by atoms with Gasteiger partial charge in [0.15, 0.2) is 6.61 Å². The van der Waals surface area contributed by atoms with Gasteiger partial charge in [0.25, 0.3) is 17.7 Å².